The summed E-state index contributed by atoms with van der Waals surface area (Å²) in [6.07, 6.45) is 10.2. The fourth-order valence-corrected chi connectivity index (χ4v) is 3.19. The summed E-state index contributed by atoms with van der Waals surface area (Å²) in [7, 11) is 0. The molecule has 4 rings (SSSR count). The number of hydrogen-bond donors (Lipinski definition) is 1. The van der Waals surface area contributed by atoms with Crippen molar-refractivity contribution in [1.29, 1.82) is 0 Å². The Labute approximate surface area is 119 Å². The van der Waals surface area contributed by atoms with Crippen LogP contribution in [0.5, 0.6) is 0 Å². The lowest BCUT2D eigenvalue weighted by atomic mass is 9.93. The Kier molecular flexibility index (Phi) is 2.73. The SMILES string of the molecule is C1=Cn2cccc2/C(=C2\CCCCN2)c2ccccc21. The van der Waals surface area contributed by atoms with Crippen LogP contribution in [0.3, 0.4) is 0 Å². The minimum Gasteiger partial charge on any atom is -0.388 e. The van der Waals surface area contributed by atoms with E-state index < -0.39 is 0 Å². The molecule has 0 unspecified atom stereocenters. The summed E-state index contributed by atoms with van der Waals surface area (Å²) in [5.41, 5.74) is 6.69. The van der Waals surface area contributed by atoms with Crippen LogP contribution in [0.2, 0.25) is 0 Å². The van der Waals surface area contributed by atoms with Gasteiger partial charge in [-0.25, -0.2) is 0 Å². The van der Waals surface area contributed by atoms with E-state index in [0.717, 1.165) is 13.0 Å². The zero-order valence-electron chi connectivity index (χ0n) is 11.5. The maximum absolute atomic E-state index is 3.63. The quantitative estimate of drug-likeness (QED) is 0.649. The summed E-state index contributed by atoms with van der Waals surface area (Å²) in [4.78, 5) is 0. The largest absolute Gasteiger partial charge is 0.388 e. The third-order valence-corrected chi connectivity index (χ3v) is 4.17. The molecular weight excluding hydrogens is 244 g/mol. The average Bonchev–Trinajstić information content (AvgIpc) is 2.90. The molecule has 0 bridgehead atoms. The summed E-state index contributed by atoms with van der Waals surface area (Å²) in [6, 6.07) is 13.0. The Morgan fingerprint density at radius 3 is 2.85 bits per heavy atom. The van der Waals surface area contributed by atoms with Crippen LogP contribution in [0.25, 0.3) is 17.8 Å². The molecule has 2 heteroatoms. The summed E-state index contributed by atoms with van der Waals surface area (Å²) >= 11 is 0. The molecule has 1 N–H and O–H groups in total. The number of benzene rings is 1. The molecule has 0 amide bonds. The number of aromatic nitrogens is 1. The predicted molar refractivity (Wildman–Crippen MR) is 84.0 cm³/mol. The molecule has 2 nitrogen and oxygen atoms in total. The lowest BCUT2D eigenvalue weighted by molar-refractivity contribution is 0.590. The second-order valence-corrected chi connectivity index (χ2v) is 5.44. The number of rotatable bonds is 0. The van der Waals surface area contributed by atoms with Crippen LogP contribution >= 0.6 is 0 Å². The highest BCUT2D eigenvalue weighted by molar-refractivity contribution is 5.89. The van der Waals surface area contributed by atoms with Crippen molar-refractivity contribution < 1.29 is 0 Å². The lowest BCUT2D eigenvalue weighted by Crippen LogP contribution is -2.22. The molecule has 0 aliphatic carbocycles. The standard InChI is InChI=1S/C18H18N2/c1-2-7-15-14(6-1)10-13-20-12-5-9-17(20)18(15)16-8-3-4-11-19-16/h1-2,5-7,9-10,12-13,19H,3-4,8,11H2/b18-16+. The number of nitrogens with zero attached hydrogens (tertiary/aromatic N) is 1. The molecule has 2 aliphatic heterocycles. The summed E-state index contributed by atoms with van der Waals surface area (Å²) in [5.74, 6) is 0. The highest BCUT2D eigenvalue weighted by Crippen LogP contribution is 2.34. The van der Waals surface area contributed by atoms with Gasteiger partial charge in [0.1, 0.15) is 0 Å². The van der Waals surface area contributed by atoms with Gasteiger partial charge in [0.05, 0.1) is 5.69 Å². The predicted octanol–water partition coefficient (Wildman–Crippen LogP) is 3.96. The average molecular weight is 262 g/mol. The van der Waals surface area contributed by atoms with E-state index >= 15 is 0 Å². The van der Waals surface area contributed by atoms with Gasteiger partial charge < -0.3 is 9.88 Å². The molecule has 0 spiro atoms. The number of fused-ring (bicyclic) bond motifs is 2. The second-order valence-electron chi connectivity index (χ2n) is 5.44. The van der Waals surface area contributed by atoms with Crippen LogP contribution in [-0.4, -0.2) is 11.1 Å². The number of hydrogen-bond acceptors (Lipinski definition) is 1. The van der Waals surface area contributed by atoms with Crippen LogP contribution < -0.4 is 5.32 Å². The number of piperidine rings is 1. The first-order valence-electron chi connectivity index (χ1n) is 7.35. The Morgan fingerprint density at radius 2 is 1.95 bits per heavy atom. The lowest BCUT2D eigenvalue weighted by Gasteiger charge is -2.22. The minimum absolute atomic E-state index is 1.09. The Balaban J connectivity index is 2.00. The number of nitrogens with one attached hydrogen (secondary N) is 1. The summed E-state index contributed by atoms with van der Waals surface area (Å²) in [6.45, 7) is 1.09. The van der Waals surface area contributed by atoms with Crippen LogP contribution in [0.4, 0.5) is 0 Å². The molecule has 1 fully saturated rings. The maximum Gasteiger partial charge on any atom is 0.0545 e. The molecule has 2 aromatic rings. The first-order valence-corrected chi connectivity index (χ1v) is 7.35. The Morgan fingerprint density at radius 1 is 1.00 bits per heavy atom. The topological polar surface area (TPSA) is 17.0 Å². The van der Waals surface area contributed by atoms with Gasteiger partial charge in [-0.05, 0) is 48.6 Å². The van der Waals surface area contributed by atoms with Gasteiger partial charge in [-0.2, -0.15) is 0 Å². The molecular formula is C18H18N2. The van der Waals surface area contributed by atoms with E-state index in [4.69, 9.17) is 0 Å². The van der Waals surface area contributed by atoms with Crippen molar-refractivity contribution >= 4 is 17.8 Å². The maximum atomic E-state index is 3.63. The van der Waals surface area contributed by atoms with E-state index in [1.165, 1.54) is 40.9 Å². The first-order chi connectivity index (χ1) is 9.93. The Bertz CT molecular complexity index is 696. The van der Waals surface area contributed by atoms with E-state index in [1.807, 2.05) is 0 Å². The highest BCUT2D eigenvalue weighted by Gasteiger charge is 2.20. The summed E-state index contributed by atoms with van der Waals surface area (Å²) in [5, 5.41) is 3.63. The third kappa shape index (κ3) is 1.80. The molecule has 1 saturated heterocycles. The molecule has 1 aromatic carbocycles. The van der Waals surface area contributed by atoms with Gasteiger partial charge in [0.2, 0.25) is 0 Å². The van der Waals surface area contributed by atoms with Crippen molar-refractivity contribution in [1.82, 2.24) is 9.88 Å². The highest BCUT2D eigenvalue weighted by atomic mass is 15.0. The van der Waals surface area contributed by atoms with Crippen molar-refractivity contribution in [3.05, 3.63) is 65.1 Å². The third-order valence-electron chi connectivity index (χ3n) is 4.17. The van der Waals surface area contributed by atoms with Crippen LogP contribution in [-0.2, 0) is 0 Å². The van der Waals surface area contributed by atoms with Gasteiger partial charge in [0, 0.05) is 30.2 Å². The van der Waals surface area contributed by atoms with E-state index in [9.17, 15) is 0 Å². The normalized spacial score (nSPS) is 20.8. The molecule has 20 heavy (non-hydrogen) atoms. The van der Waals surface area contributed by atoms with Gasteiger partial charge in [-0.15, -0.1) is 0 Å². The van der Waals surface area contributed by atoms with Gasteiger partial charge >= 0.3 is 0 Å². The van der Waals surface area contributed by atoms with E-state index in [1.54, 1.807) is 0 Å². The van der Waals surface area contributed by atoms with Gasteiger partial charge in [-0.1, -0.05) is 24.3 Å². The van der Waals surface area contributed by atoms with E-state index in [0.29, 0.717) is 0 Å². The molecule has 0 saturated carbocycles. The van der Waals surface area contributed by atoms with Gasteiger partial charge in [0.15, 0.2) is 0 Å². The van der Waals surface area contributed by atoms with Crippen LogP contribution in [0.1, 0.15) is 36.1 Å². The monoisotopic (exact) mass is 262 g/mol. The first kappa shape index (κ1) is 11.6. The minimum atomic E-state index is 1.09. The molecule has 0 atom stereocenters. The van der Waals surface area contributed by atoms with Crippen molar-refractivity contribution in [3.8, 4) is 0 Å². The van der Waals surface area contributed by atoms with Crippen molar-refractivity contribution in [3.63, 3.8) is 0 Å². The summed E-state index contributed by atoms with van der Waals surface area (Å²) < 4.78 is 2.22. The van der Waals surface area contributed by atoms with Crippen LogP contribution in [0, 0.1) is 0 Å². The molecule has 2 aliphatic rings. The smallest absolute Gasteiger partial charge is 0.0545 e. The second kappa shape index (κ2) is 4.71. The molecule has 100 valence electrons. The Hall–Kier alpha value is -2.22. The number of allylic oxidation sites excluding steroid dienone is 1. The van der Waals surface area contributed by atoms with E-state index in [2.05, 4.69) is 64.8 Å². The zero-order chi connectivity index (χ0) is 13.4. The van der Waals surface area contributed by atoms with Crippen molar-refractivity contribution in [2.24, 2.45) is 0 Å². The molecule has 3 heterocycles. The van der Waals surface area contributed by atoms with Crippen molar-refractivity contribution in [2.75, 3.05) is 6.54 Å². The van der Waals surface area contributed by atoms with Crippen molar-refractivity contribution in [2.45, 2.75) is 19.3 Å². The fourth-order valence-electron chi connectivity index (χ4n) is 3.19. The zero-order valence-corrected chi connectivity index (χ0v) is 11.5. The van der Waals surface area contributed by atoms with Gasteiger partial charge in [0.25, 0.3) is 0 Å². The molecule has 0 radical (unpaired) electrons. The van der Waals surface area contributed by atoms with E-state index in [-0.39, 0.29) is 0 Å². The fraction of sp³-hybridized carbons (Fsp3) is 0.222. The molecule has 1 aromatic heterocycles. The van der Waals surface area contributed by atoms with Crippen LogP contribution in [0.15, 0.2) is 48.3 Å². The van der Waals surface area contributed by atoms with Gasteiger partial charge in [-0.3, -0.25) is 0 Å².